The van der Waals surface area contributed by atoms with Crippen molar-refractivity contribution in [3.8, 4) is 17.2 Å². The van der Waals surface area contributed by atoms with Crippen molar-refractivity contribution >= 4 is 0 Å². The minimum absolute atomic E-state index is 0.155. The SMILES string of the molecule is COc1ccc2c(c1OC)CN1CCc3cc(C)c(OC4OC(CO)C(O)C(O)C4O)cc3[C@@H]1C2. The van der Waals surface area contributed by atoms with Gasteiger partial charge in [-0.15, -0.1) is 0 Å². The van der Waals surface area contributed by atoms with Gasteiger partial charge in [0.25, 0.3) is 0 Å². The number of rotatable bonds is 5. The van der Waals surface area contributed by atoms with E-state index in [4.69, 9.17) is 18.9 Å². The van der Waals surface area contributed by atoms with Crippen LogP contribution in [0, 0.1) is 6.92 Å². The van der Waals surface area contributed by atoms with Crippen LogP contribution >= 0.6 is 0 Å². The molecule has 5 rings (SSSR count). The molecule has 9 heteroatoms. The van der Waals surface area contributed by atoms with Crippen molar-refractivity contribution in [1.82, 2.24) is 4.90 Å². The maximum Gasteiger partial charge on any atom is 0.229 e. The van der Waals surface area contributed by atoms with Crippen molar-refractivity contribution in [3.05, 3.63) is 52.1 Å². The zero-order chi connectivity index (χ0) is 24.9. The molecule has 6 atom stereocenters. The maximum atomic E-state index is 10.4. The summed E-state index contributed by atoms with van der Waals surface area (Å²) < 4.78 is 22.8. The maximum absolute atomic E-state index is 10.4. The molecule has 5 unspecified atom stereocenters. The molecule has 0 saturated carbocycles. The fourth-order valence-electron chi connectivity index (χ4n) is 5.56. The minimum Gasteiger partial charge on any atom is -0.493 e. The minimum atomic E-state index is -1.49. The van der Waals surface area contributed by atoms with Gasteiger partial charge in [0.15, 0.2) is 11.5 Å². The molecule has 0 amide bonds. The van der Waals surface area contributed by atoms with Crippen LogP contribution in [0.25, 0.3) is 0 Å². The highest BCUT2D eigenvalue weighted by Crippen LogP contribution is 2.45. The van der Waals surface area contributed by atoms with E-state index in [9.17, 15) is 20.4 Å². The van der Waals surface area contributed by atoms with Crippen LogP contribution in [0.2, 0.25) is 0 Å². The van der Waals surface area contributed by atoms with Crippen molar-refractivity contribution in [2.75, 3.05) is 27.4 Å². The van der Waals surface area contributed by atoms with E-state index in [-0.39, 0.29) is 6.04 Å². The van der Waals surface area contributed by atoms with E-state index in [0.717, 1.165) is 54.1 Å². The fourth-order valence-corrected chi connectivity index (χ4v) is 5.56. The van der Waals surface area contributed by atoms with Crippen molar-refractivity contribution in [2.24, 2.45) is 0 Å². The van der Waals surface area contributed by atoms with Gasteiger partial charge in [-0.05, 0) is 54.2 Å². The Morgan fingerprint density at radius 1 is 1.00 bits per heavy atom. The van der Waals surface area contributed by atoms with E-state index in [2.05, 4.69) is 17.0 Å². The van der Waals surface area contributed by atoms with E-state index in [1.165, 1.54) is 11.1 Å². The summed E-state index contributed by atoms with van der Waals surface area (Å²) in [4.78, 5) is 2.43. The highest BCUT2D eigenvalue weighted by molar-refractivity contribution is 5.53. The second kappa shape index (κ2) is 9.57. The summed E-state index contributed by atoms with van der Waals surface area (Å²) >= 11 is 0. The number of aliphatic hydroxyl groups is 4. The second-order valence-corrected chi connectivity index (χ2v) is 9.51. The first-order chi connectivity index (χ1) is 16.9. The number of aryl methyl sites for hydroxylation is 1. The molecule has 0 aromatic heterocycles. The molecule has 3 aliphatic rings. The van der Waals surface area contributed by atoms with Gasteiger partial charge in [-0.3, -0.25) is 4.90 Å². The van der Waals surface area contributed by atoms with Crippen LogP contribution in [0.4, 0.5) is 0 Å². The molecule has 2 aromatic carbocycles. The van der Waals surface area contributed by atoms with Crippen molar-refractivity contribution in [3.63, 3.8) is 0 Å². The van der Waals surface area contributed by atoms with Gasteiger partial charge in [0.2, 0.25) is 6.29 Å². The lowest BCUT2D eigenvalue weighted by Gasteiger charge is -2.42. The van der Waals surface area contributed by atoms with Crippen molar-refractivity contribution < 1.29 is 39.4 Å². The highest BCUT2D eigenvalue weighted by atomic mass is 16.7. The van der Waals surface area contributed by atoms with Gasteiger partial charge < -0.3 is 39.4 Å². The third-order valence-corrected chi connectivity index (χ3v) is 7.52. The number of nitrogens with zero attached hydrogens (tertiary/aromatic N) is 1. The van der Waals surface area contributed by atoms with E-state index in [1.807, 2.05) is 19.1 Å². The molecule has 4 N–H and O–H groups in total. The molecular formula is C26H33NO8. The van der Waals surface area contributed by atoms with Crippen LogP contribution in [0.3, 0.4) is 0 Å². The number of benzene rings is 2. The molecule has 1 fully saturated rings. The summed E-state index contributed by atoms with van der Waals surface area (Å²) in [7, 11) is 3.31. The highest BCUT2D eigenvalue weighted by Gasteiger charge is 2.45. The molecule has 1 saturated heterocycles. The summed E-state index contributed by atoms with van der Waals surface area (Å²) in [6.45, 7) is 3.10. The van der Waals surface area contributed by atoms with E-state index in [1.54, 1.807) is 14.2 Å². The van der Waals surface area contributed by atoms with E-state index >= 15 is 0 Å². The number of ether oxygens (including phenoxy) is 4. The molecular weight excluding hydrogens is 454 g/mol. The van der Waals surface area contributed by atoms with E-state index in [0.29, 0.717) is 5.75 Å². The van der Waals surface area contributed by atoms with Crippen molar-refractivity contribution in [2.45, 2.75) is 63.1 Å². The summed E-state index contributed by atoms with van der Waals surface area (Å²) in [6.07, 6.45) is -4.89. The Morgan fingerprint density at radius 2 is 1.80 bits per heavy atom. The van der Waals surface area contributed by atoms with Gasteiger partial charge in [0.1, 0.15) is 30.2 Å². The lowest BCUT2D eigenvalue weighted by Crippen LogP contribution is -2.60. The van der Waals surface area contributed by atoms with Crippen molar-refractivity contribution in [1.29, 1.82) is 0 Å². The molecule has 0 spiro atoms. The third kappa shape index (κ3) is 4.16. The fraction of sp³-hybridized carbons (Fsp3) is 0.538. The molecule has 0 aliphatic carbocycles. The van der Waals surface area contributed by atoms with Crippen LogP contribution in [0.15, 0.2) is 24.3 Å². The number of aliphatic hydroxyl groups excluding tert-OH is 4. The number of hydrogen-bond donors (Lipinski definition) is 4. The van der Waals surface area contributed by atoms with Gasteiger partial charge >= 0.3 is 0 Å². The Bertz CT molecular complexity index is 1090. The molecule has 9 nitrogen and oxygen atoms in total. The lowest BCUT2D eigenvalue weighted by atomic mass is 9.83. The first-order valence-electron chi connectivity index (χ1n) is 11.9. The quantitative estimate of drug-likeness (QED) is 0.486. The summed E-state index contributed by atoms with van der Waals surface area (Å²) in [5.41, 5.74) is 5.66. The molecule has 0 bridgehead atoms. The molecule has 2 aromatic rings. The van der Waals surface area contributed by atoms with Crippen LogP contribution in [-0.4, -0.2) is 83.4 Å². The lowest BCUT2D eigenvalue weighted by molar-refractivity contribution is -0.277. The summed E-state index contributed by atoms with van der Waals surface area (Å²) in [5.74, 6) is 2.05. The molecule has 3 heterocycles. The molecule has 190 valence electrons. The summed E-state index contributed by atoms with van der Waals surface area (Å²) in [5, 5.41) is 40.1. The number of hydrogen-bond acceptors (Lipinski definition) is 9. The van der Waals surface area contributed by atoms with Crippen LogP contribution < -0.4 is 14.2 Å². The average molecular weight is 488 g/mol. The normalized spacial score (nSPS) is 30.1. The first kappa shape index (κ1) is 24.3. The number of methoxy groups -OCH3 is 2. The molecule has 3 aliphatic heterocycles. The molecule has 0 radical (unpaired) electrons. The van der Waals surface area contributed by atoms with Crippen LogP contribution in [0.1, 0.15) is 33.9 Å². The van der Waals surface area contributed by atoms with Crippen LogP contribution in [0.5, 0.6) is 17.2 Å². The largest absolute Gasteiger partial charge is 0.493 e. The Hall–Kier alpha value is -2.40. The standard InChI is InChI=1S/C26H33NO8/c1-13-8-15-6-7-27-11-17-14(4-5-19(32-2)25(17)33-3)9-18(27)16(15)10-20(13)34-26-24(31)23(30)22(29)21(12-28)35-26/h4-5,8,10,18,21-24,26,28-31H,6-7,9,11-12H2,1-3H3/t18-,21?,22?,23?,24?,26?/m0/s1. The smallest absolute Gasteiger partial charge is 0.229 e. The average Bonchev–Trinajstić information content (AvgIpc) is 2.87. The Balaban J connectivity index is 1.45. The zero-order valence-corrected chi connectivity index (χ0v) is 20.2. The predicted molar refractivity (Wildman–Crippen MR) is 126 cm³/mol. The van der Waals surface area contributed by atoms with Crippen LogP contribution in [-0.2, 0) is 24.1 Å². The third-order valence-electron chi connectivity index (χ3n) is 7.52. The second-order valence-electron chi connectivity index (χ2n) is 9.51. The summed E-state index contributed by atoms with van der Waals surface area (Å²) in [6, 6.07) is 8.30. The van der Waals surface area contributed by atoms with Gasteiger partial charge in [0, 0.05) is 24.7 Å². The Kier molecular flexibility index (Phi) is 6.65. The predicted octanol–water partition coefficient (Wildman–Crippen LogP) is 0.846. The van der Waals surface area contributed by atoms with Gasteiger partial charge in [-0.2, -0.15) is 0 Å². The monoisotopic (exact) mass is 487 g/mol. The van der Waals surface area contributed by atoms with E-state index < -0.39 is 37.3 Å². The van der Waals surface area contributed by atoms with Gasteiger partial charge in [-0.25, -0.2) is 0 Å². The first-order valence-corrected chi connectivity index (χ1v) is 11.9. The topological polar surface area (TPSA) is 121 Å². The van der Waals surface area contributed by atoms with Gasteiger partial charge in [0.05, 0.1) is 20.8 Å². The Morgan fingerprint density at radius 3 is 2.51 bits per heavy atom. The Labute approximate surface area is 204 Å². The zero-order valence-electron chi connectivity index (χ0n) is 20.2. The number of fused-ring (bicyclic) bond motifs is 4. The molecule has 35 heavy (non-hydrogen) atoms. The van der Waals surface area contributed by atoms with Gasteiger partial charge in [-0.1, -0.05) is 12.1 Å².